The lowest BCUT2D eigenvalue weighted by molar-refractivity contribution is 0.603. The van der Waals surface area contributed by atoms with Gasteiger partial charge in [0.2, 0.25) is 9.84 Å². The summed E-state index contributed by atoms with van der Waals surface area (Å²) in [4.78, 5) is 5.17. The molecule has 0 saturated carbocycles. The number of allylic oxidation sites excluding steroid dienone is 1. The monoisotopic (exact) mass is 377 g/mol. The van der Waals surface area contributed by atoms with Crippen molar-refractivity contribution in [3.05, 3.63) is 64.2 Å². The minimum absolute atomic E-state index is 0.359. The molecule has 2 aliphatic heterocycles. The van der Waals surface area contributed by atoms with Gasteiger partial charge in [-0.3, -0.25) is 4.98 Å². The number of anilines is 2. The van der Waals surface area contributed by atoms with Crippen LogP contribution in [-0.2, 0) is 22.8 Å². The van der Waals surface area contributed by atoms with E-state index in [1.807, 2.05) is 12.1 Å². The van der Waals surface area contributed by atoms with E-state index in [1.54, 1.807) is 25.3 Å². The highest BCUT2D eigenvalue weighted by molar-refractivity contribution is 7.95. The number of pyridine rings is 1. The molecule has 0 unspecified atom stereocenters. The van der Waals surface area contributed by atoms with Gasteiger partial charge >= 0.3 is 0 Å². The predicted molar refractivity (Wildman–Crippen MR) is 108 cm³/mol. The SMILES string of the molecule is CC1=Cc2cc3nccc(Nc4ccc5c(c4)CNCC5)c3cc2S1(=O)=O. The van der Waals surface area contributed by atoms with Gasteiger partial charge in [0.15, 0.2) is 0 Å². The van der Waals surface area contributed by atoms with Crippen LogP contribution in [0.15, 0.2) is 52.4 Å². The van der Waals surface area contributed by atoms with Gasteiger partial charge in [-0.15, -0.1) is 0 Å². The van der Waals surface area contributed by atoms with Crippen molar-refractivity contribution in [2.24, 2.45) is 0 Å². The number of benzene rings is 2. The van der Waals surface area contributed by atoms with Gasteiger partial charge in [-0.25, -0.2) is 8.42 Å². The van der Waals surface area contributed by atoms with Crippen molar-refractivity contribution in [1.82, 2.24) is 10.3 Å². The Labute approximate surface area is 158 Å². The third-order valence-electron chi connectivity index (χ3n) is 5.32. The smallest absolute Gasteiger partial charge is 0.203 e. The summed E-state index contributed by atoms with van der Waals surface area (Å²) in [6.07, 6.45) is 4.50. The topological polar surface area (TPSA) is 71.1 Å². The Morgan fingerprint density at radius 3 is 2.89 bits per heavy atom. The van der Waals surface area contributed by atoms with Gasteiger partial charge in [0.1, 0.15) is 0 Å². The summed E-state index contributed by atoms with van der Waals surface area (Å²) in [5, 5.41) is 7.64. The summed E-state index contributed by atoms with van der Waals surface area (Å²) < 4.78 is 25.1. The van der Waals surface area contributed by atoms with Crippen LogP contribution in [0.5, 0.6) is 0 Å². The second kappa shape index (κ2) is 5.90. The van der Waals surface area contributed by atoms with Crippen molar-refractivity contribution < 1.29 is 8.42 Å². The van der Waals surface area contributed by atoms with Crippen LogP contribution in [-0.4, -0.2) is 19.9 Å². The predicted octanol–water partition coefficient (Wildman–Crippen LogP) is 3.77. The van der Waals surface area contributed by atoms with Crippen molar-refractivity contribution >= 4 is 38.2 Å². The maximum absolute atomic E-state index is 12.5. The fraction of sp³-hybridized carbons (Fsp3) is 0.190. The Morgan fingerprint density at radius 2 is 2.00 bits per heavy atom. The fourth-order valence-corrected chi connectivity index (χ4v) is 5.16. The molecule has 0 atom stereocenters. The minimum Gasteiger partial charge on any atom is -0.355 e. The summed E-state index contributed by atoms with van der Waals surface area (Å²) in [7, 11) is -3.38. The summed E-state index contributed by atoms with van der Waals surface area (Å²) in [6.45, 7) is 3.52. The van der Waals surface area contributed by atoms with Gasteiger partial charge in [0.25, 0.3) is 0 Å². The maximum atomic E-state index is 12.5. The molecule has 3 aromatic rings. The van der Waals surface area contributed by atoms with E-state index in [0.717, 1.165) is 41.8 Å². The number of rotatable bonds is 2. The minimum atomic E-state index is -3.38. The van der Waals surface area contributed by atoms with Crippen LogP contribution in [0.1, 0.15) is 23.6 Å². The molecule has 3 heterocycles. The highest BCUT2D eigenvalue weighted by atomic mass is 32.2. The van der Waals surface area contributed by atoms with E-state index in [0.29, 0.717) is 15.4 Å². The van der Waals surface area contributed by atoms with Crippen molar-refractivity contribution in [2.75, 3.05) is 11.9 Å². The summed E-state index contributed by atoms with van der Waals surface area (Å²) in [5.74, 6) is 0. The molecule has 0 saturated heterocycles. The lowest BCUT2D eigenvalue weighted by Crippen LogP contribution is -2.23. The highest BCUT2D eigenvalue weighted by Crippen LogP contribution is 2.37. The van der Waals surface area contributed by atoms with Crippen LogP contribution in [0.2, 0.25) is 0 Å². The van der Waals surface area contributed by atoms with Crippen LogP contribution in [0, 0.1) is 0 Å². The fourth-order valence-electron chi connectivity index (χ4n) is 3.83. The Kier molecular flexibility index (Phi) is 3.60. The summed E-state index contributed by atoms with van der Waals surface area (Å²) >= 11 is 0. The third-order valence-corrected chi connectivity index (χ3v) is 7.22. The third kappa shape index (κ3) is 2.64. The molecule has 5 rings (SSSR count). The first-order chi connectivity index (χ1) is 13.0. The Balaban J connectivity index is 1.60. The van der Waals surface area contributed by atoms with E-state index in [9.17, 15) is 8.42 Å². The number of nitrogens with zero attached hydrogens (tertiary/aromatic N) is 1. The molecule has 0 fully saturated rings. The van der Waals surface area contributed by atoms with Gasteiger partial charge in [-0.1, -0.05) is 6.07 Å². The van der Waals surface area contributed by atoms with E-state index >= 15 is 0 Å². The van der Waals surface area contributed by atoms with Crippen molar-refractivity contribution in [3.63, 3.8) is 0 Å². The molecule has 2 aliphatic rings. The molecule has 27 heavy (non-hydrogen) atoms. The lowest BCUT2D eigenvalue weighted by atomic mass is 10.0. The number of hydrogen-bond donors (Lipinski definition) is 2. The van der Waals surface area contributed by atoms with Gasteiger partial charge in [0, 0.05) is 34.4 Å². The first kappa shape index (κ1) is 16.5. The highest BCUT2D eigenvalue weighted by Gasteiger charge is 2.27. The lowest BCUT2D eigenvalue weighted by Gasteiger charge is -2.18. The number of sulfone groups is 1. The molecule has 0 aliphatic carbocycles. The molecule has 0 bridgehead atoms. The average molecular weight is 377 g/mol. The summed E-state index contributed by atoms with van der Waals surface area (Å²) in [6, 6.07) is 11.9. The van der Waals surface area contributed by atoms with E-state index in [2.05, 4.69) is 33.8 Å². The second-order valence-electron chi connectivity index (χ2n) is 7.06. The van der Waals surface area contributed by atoms with E-state index in [4.69, 9.17) is 0 Å². The van der Waals surface area contributed by atoms with E-state index in [1.165, 1.54) is 11.1 Å². The van der Waals surface area contributed by atoms with Gasteiger partial charge in [0.05, 0.1) is 10.4 Å². The molecule has 136 valence electrons. The van der Waals surface area contributed by atoms with E-state index in [-0.39, 0.29) is 0 Å². The average Bonchev–Trinajstić information content (AvgIpc) is 2.89. The standard InChI is InChI=1S/C21H19N3O2S/c1-13-8-15-10-20-18(11-21(15)27(13,25)26)19(5-7-23-20)24-17-3-2-14-4-6-22-12-16(14)9-17/h2-3,5,7-11,22H,4,6,12H2,1H3,(H,23,24). The zero-order chi connectivity index (χ0) is 18.6. The quantitative estimate of drug-likeness (QED) is 0.711. The van der Waals surface area contributed by atoms with Crippen molar-refractivity contribution in [2.45, 2.75) is 24.8 Å². The van der Waals surface area contributed by atoms with Crippen LogP contribution in [0.3, 0.4) is 0 Å². The molecule has 1 aromatic heterocycles. The summed E-state index contributed by atoms with van der Waals surface area (Å²) in [5.41, 5.74) is 6.01. The Hall–Kier alpha value is -2.70. The maximum Gasteiger partial charge on any atom is 0.203 e. The molecule has 0 spiro atoms. The molecule has 0 amide bonds. The molecule has 0 radical (unpaired) electrons. The Morgan fingerprint density at radius 1 is 1.11 bits per heavy atom. The molecular formula is C21H19N3O2S. The van der Waals surface area contributed by atoms with Gasteiger partial charge in [-0.2, -0.15) is 0 Å². The normalized spacial score (nSPS) is 17.3. The van der Waals surface area contributed by atoms with Crippen molar-refractivity contribution in [1.29, 1.82) is 0 Å². The van der Waals surface area contributed by atoms with Gasteiger partial charge in [-0.05, 0) is 73.0 Å². The van der Waals surface area contributed by atoms with Crippen molar-refractivity contribution in [3.8, 4) is 0 Å². The molecule has 2 N–H and O–H groups in total. The van der Waals surface area contributed by atoms with E-state index < -0.39 is 9.84 Å². The first-order valence-electron chi connectivity index (χ1n) is 8.98. The molecule has 2 aromatic carbocycles. The largest absolute Gasteiger partial charge is 0.355 e. The Bertz CT molecular complexity index is 1230. The zero-order valence-corrected chi connectivity index (χ0v) is 15.7. The zero-order valence-electron chi connectivity index (χ0n) is 14.9. The van der Waals surface area contributed by atoms with Crippen LogP contribution in [0.25, 0.3) is 17.0 Å². The number of aromatic nitrogens is 1. The molecular weight excluding hydrogens is 358 g/mol. The van der Waals surface area contributed by atoms with Gasteiger partial charge < -0.3 is 10.6 Å². The van der Waals surface area contributed by atoms with Crippen LogP contribution in [0.4, 0.5) is 11.4 Å². The second-order valence-corrected chi connectivity index (χ2v) is 9.15. The van der Waals surface area contributed by atoms with Crippen LogP contribution >= 0.6 is 0 Å². The number of nitrogens with one attached hydrogen (secondary N) is 2. The van der Waals surface area contributed by atoms with Crippen LogP contribution < -0.4 is 10.6 Å². The number of fused-ring (bicyclic) bond motifs is 3. The molecule has 6 heteroatoms. The number of hydrogen-bond acceptors (Lipinski definition) is 5. The first-order valence-corrected chi connectivity index (χ1v) is 10.5. The molecule has 5 nitrogen and oxygen atoms in total.